The summed E-state index contributed by atoms with van der Waals surface area (Å²) in [4.78, 5) is 4.88. The highest BCUT2D eigenvalue weighted by Crippen LogP contribution is 2.31. The molecule has 1 saturated heterocycles. The summed E-state index contributed by atoms with van der Waals surface area (Å²) in [5.41, 5.74) is 2.59. The van der Waals surface area contributed by atoms with E-state index in [0.29, 0.717) is 6.04 Å². The molecular formula is C17H28N2O2. The van der Waals surface area contributed by atoms with Gasteiger partial charge in [-0.1, -0.05) is 0 Å². The van der Waals surface area contributed by atoms with Crippen molar-refractivity contribution in [2.45, 2.75) is 32.4 Å². The molecule has 0 aromatic heterocycles. The molecule has 1 aliphatic rings. The molecule has 0 amide bonds. The van der Waals surface area contributed by atoms with Crippen molar-refractivity contribution < 1.29 is 9.47 Å². The van der Waals surface area contributed by atoms with Crippen LogP contribution in [0, 0.1) is 6.92 Å². The van der Waals surface area contributed by atoms with Crippen LogP contribution in [-0.4, -0.2) is 57.2 Å². The summed E-state index contributed by atoms with van der Waals surface area (Å²) in [6, 6.07) is 4.86. The Bertz CT molecular complexity index is 474. The molecule has 21 heavy (non-hydrogen) atoms. The molecule has 2 rings (SSSR count). The normalized spacial score (nSPS) is 19.8. The molecule has 4 nitrogen and oxygen atoms in total. The summed E-state index contributed by atoms with van der Waals surface area (Å²) in [5, 5.41) is 0. The molecule has 1 aliphatic heterocycles. The van der Waals surface area contributed by atoms with E-state index in [0.717, 1.165) is 24.6 Å². The van der Waals surface area contributed by atoms with E-state index >= 15 is 0 Å². The Labute approximate surface area is 128 Å². The van der Waals surface area contributed by atoms with Gasteiger partial charge in [-0.25, -0.2) is 0 Å². The SMILES string of the molecule is COc1cc(C)c(CN2CCC[C@H](N(C)C)C2)cc1OC. The quantitative estimate of drug-likeness (QED) is 0.832. The van der Waals surface area contributed by atoms with E-state index in [1.54, 1.807) is 14.2 Å². The molecular weight excluding hydrogens is 264 g/mol. The van der Waals surface area contributed by atoms with E-state index in [1.807, 2.05) is 0 Å². The summed E-state index contributed by atoms with van der Waals surface area (Å²) >= 11 is 0. The van der Waals surface area contributed by atoms with Crippen molar-refractivity contribution >= 4 is 0 Å². The van der Waals surface area contributed by atoms with Crippen LogP contribution in [0.1, 0.15) is 24.0 Å². The standard InChI is InChI=1S/C17H28N2O2/c1-13-9-16(20-4)17(21-5)10-14(13)11-19-8-6-7-15(12-19)18(2)3/h9-10,15H,6-8,11-12H2,1-5H3/t15-/m0/s1. The van der Waals surface area contributed by atoms with Crippen molar-refractivity contribution in [3.63, 3.8) is 0 Å². The number of methoxy groups -OCH3 is 2. The molecule has 1 atom stereocenters. The van der Waals surface area contributed by atoms with Gasteiger partial charge in [0.15, 0.2) is 11.5 Å². The van der Waals surface area contributed by atoms with E-state index in [2.05, 4.69) is 43.0 Å². The zero-order chi connectivity index (χ0) is 15.4. The van der Waals surface area contributed by atoms with E-state index < -0.39 is 0 Å². The zero-order valence-electron chi connectivity index (χ0n) is 14.0. The molecule has 0 radical (unpaired) electrons. The smallest absolute Gasteiger partial charge is 0.161 e. The maximum Gasteiger partial charge on any atom is 0.161 e. The minimum atomic E-state index is 0.666. The summed E-state index contributed by atoms with van der Waals surface area (Å²) in [7, 11) is 7.73. The van der Waals surface area contributed by atoms with Crippen LogP contribution in [0.15, 0.2) is 12.1 Å². The van der Waals surface area contributed by atoms with Gasteiger partial charge >= 0.3 is 0 Å². The second kappa shape index (κ2) is 7.14. The van der Waals surface area contributed by atoms with Gasteiger partial charge in [0, 0.05) is 19.1 Å². The summed E-state index contributed by atoms with van der Waals surface area (Å²) < 4.78 is 10.8. The van der Waals surface area contributed by atoms with Crippen LogP contribution >= 0.6 is 0 Å². The lowest BCUT2D eigenvalue weighted by Gasteiger charge is -2.36. The van der Waals surface area contributed by atoms with Crippen molar-refractivity contribution in [2.24, 2.45) is 0 Å². The van der Waals surface area contributed by atoms with Gasteiger partial charge in [0.2, 0.25) is 0 Å². The number of piperidine rings is 1. The first kappa shape index (κ1) is 16.1. The van der Waals surface area contributed by atoms with Gasteiger partial charge in [-0.05, 0) is 63.7 Å². The van der Waals surface area contributed by atoms with Crippen molar-refractivity contribution in [1.29, 1.82) is 0 Å². The predicted molar refractivity (Wildman–Crippen MR) is 86.3 cm³/mol. The largest absolute Gasteiger partial charge is 0.493 e. The maximum atomic E-state index is 5.43. The van der Waals surface area contributed by atoms with Crippen LogP contribution in [0.4, 0.5) is 0 Å². The first-order valence-corrected chi connectivity index (χ1v) is 7.65. The highest BCUT2D eigenvalue weighted by molar-refractivity contribution is 5.47. The van der Waals surface area contributed by atoms with Crippen molar-refractivity contribution in [2.75, 3.05) is 41.4 Å². The van der Waals surface area contributed by atoms with E-state index in [-0.39, 0.29) is 0 Å². The number of likely N-dealkylation sites (N-methyl/N-ethyl adjacent to an activating group) is 1. The lowest BCUT2D eigenvalue weighted by atomic mass is 10.0. The molecule has 0 spiro atoms. The molecule has 1 aromatic carbocycles. The number of rotatable bonds is 5. The van der Waals surface area contributed by atoms with Gasteiger partial charge in [0.05, 0.1) is 14.2 Å². The van der Waals surface area contributed by atoms with Crippen LogP contribution in [0.3, 0.4) is 0 Å². The summed E-state index contributed by atoms with van der Waals surface area (Å²) in [6.45, 7) is 5.44. The fourth-order valence-corrected chi connectivity index (χ4v) is 3.03. The fourth-order valence-electron chi connectivity index (χ4n) is 3.03. The van der Waals surface area contributed by atoms with Crippen molar-refractivity contribution in [3.8, 4) is 11.5 Å². The number of nitrogens with zero attached hydrogens (tertiary/aromatic N) is 2. The topological polar surface area (TPSA) is 24.9 Å². The Morgan fingerprint density at radius 1 is 1.19 bits per heavy atom. The molecule has 0 bridgehead atoms. The Kier molecular flexibility index (Phi) is 5.48. The van der Waals surface area contributed by atoms with Gasteiger partial charge in [0.25, 0.3) is 0 Å². The van der Waals surface area contributed by atoms with E-state index in [9.17, 15) is 0 Å². The van der Waals surface area contributed by atoms with Crippen LogP contribution in [0.25, 0.3) is 0 Å². The maximum absolute atomic E-state index is 5.43. The average molecular weight is 292 g/mol. The fraction of sp³-hybridized carbons (Fsp3) is 0.647. The molecule has 1 aromatic rings. The molecule has 0 aliphatic carbocycles. The molecule has 118 valence electrons. The third kappa shape index (κ3) is 3.89. The van der Waals surface area contributed by atoms with Crippen LogP contribution in [0.5, 0.6) is 11.5 Å². The van der Waals surface area contributed by atoms with Crippen LogP contribution < -0.4 is 9.47 Å². The van der Waals surface area contributed by atoms with E-state index in [1.165, 1.54) is 30.5 Å². The monoisotopic (exact) mass is 292 g/mol. The molecule has 1 fully saturated rings. The first-order valence-electron chi connectivity index (χ1n) is 7.65. The van der Waals surface area contributed by atoms with Gasteiger partial charge < -0.3 is 14.4 Å². The first-order chi connectivity index (χ1) is 10.0. The van der Waals surface area contributed by atoms with Gasteiger partial charge in [-0.2, -0.15) is 0 Å². The number of hydrogen-bond donors (Lipinski definition) is 0. The summed E-state index contributed by atoms with van der Waals surface area (Å²) in [5.74, 6) is 1.63. The predicted octanol–water partition coefficient (Wildman–Crippen LogP) is 2.54. The molecule has 4 heteroatoms. The second-order valence-corrected chi connectivity index (χ2v) is 6.13. The lowest BCUT2D eigenvalue weighted by molar-refractivity contribution is 0.127. The number of hydrogen-bond acceptors (Lipinski definition) is 4. The second-order valence-electron chi connectivity index (χ2n) is 6.13. The third-order valence-corrected chi connectivity index (χ3v) is 4.45. The van der Waals surface area contributed by atoms with Gasteiger partial charge in [-0.15, -0.1) is 0 Å². The highest BCUT2D eigenvalue weighted by atomic mass is 16.5. The highest BCUT2D eigenvalue weighted by Gasteiger charge is 2.22. The zero-order valence-corrected chi connectivity index (χ0v) is 14.0. The number of likely N-dealkylation sites (tertiary alicyclic amines) is 1. The number of aryl methyl sites for hydroxylation is 1. The Morgan fingerprint density at radius 2 is 1.86 bits per heavy atom. The molecule has 0 N–H and O–H groups in total. The third-order valence-electron chi connectivity index (χ3n) is 4.45. The van der Waals surface area contributed by atoms with Gasteiger partial charge in [0.1, 0.15) is 0 Å². The summed E-state index contributed by atoms with van der Waals surface area (Å²) in [6.07, 6.45) is 2.57. The van der Waals surface area contributed by atoms with Gasteiger partial charge in [-0.3, -0.25) is 4.90 Å². The molecule has 1 heterocycles. The molecule has 0 saturated carbocycles. The van der Waals surface area contributed by atoms with Crippen LogP contribution in [-0.2, 0) is 6.54 Å². The molecule has 0 unspecified atom stereocenters. The van der Waals surface area contributed by atoms with E-state index in [4.69, 9.17) is 9.47 Å². The minimum Gasteiger partial charge on any atom is -0.493 e. The Balaban J connectivity index is 2.12. The number of ether oxygens (including phenoxy) is 2. The Morgan fingerprint density at radius 3 is 2.48 bits per heavy atom. The van der Waals surface area contributed by atoms with Crippen molar-refractivity contribution in [1.82, 2.24) is 9.80 Å². The Hall–Kier alpha value is -1.26. The minimum absolute atomic E-state index is 0.666. The van der Waals surface area contributed by atoms with Crippen molar-refractivity contribution in [3.05, 3.63) is 23.3 Å². The number of benzene rings is 1. The van der Waals surface area contributed by atoms with Crippen LogP contribution in [0.2, 0.25) is 0 Å². The lowest BCUT2D eigenvalue weighted by Crippen LogP contribution is -2.44. The average Bonchev–Trinajstić information content (AvgIpc) is 2.49.